The number of halogens is 1. The Morgan fingerprint density at radius 2 is 2.04 bits per heavy atom. The number of nitrogens with zero attached hydrogens (tertiary/aromatic N) is 2. The first-order valence-corrected chi connectivity index (χ1v) is 7.23. The van der Waals surface area contributed by atoms with Gasteiger partial charge >= 0.3 is 5.97 Å². The Hall–Kier alpha value is -2.50. The van der Waals surface area contributed by atoms with E-state index in [-0.39, 0.29) is 5.56 Å². The summed E-state index contributed by atoms with van der Waals surface area (Å²) >= 11 is 5.99. The van der Waals surface area contributed by atoms with Crippen molar-refractivity contribution in [3.05, 3.63) is 70.6 Å². The number of benzene rings is 1. The molecule has 0 spiro atoms. The van der Waals surface area contributed by atoms with Crippen LogP contribution in [0.3, 0.4) is 0 Å². The molecule has 2 aromatic heterocycles. The lowest BCUT2D eigenvalue weighted by atomic mass is 10.0. The van der Waals surface area contributed by atoms with E-state index in [1.54, 1.807) is 13.3 Å². The Labute approximate surface area is 137 Å². The molecule has 1 atom stereocenters. The lowest BCUT2D eigenvalue weighted by Gasteiger charge is -2.16. The molecule has 1 unspecified atom stereocenters. The van der Waals surface area contributed by atoms with Crippen molar-refractivity contribution >= 4 is 28.5 Å². The molecule has 0 amide bonds. The quantitative estimate of drug-likeness (QED) is 0.790. The first kappa shape index (κ1) is 15.4. The summed E-state index contributed by atoms with van der Waals surface area (Å²) in [5, 5.41) is 10.5. The number of methoxy groups -OCH3 is 1. The van der Waals surface area contributed by atoms with Crippen molar-refractivity contribution in [2.75, 3.05) is 7.11 Å². The van der Waals surface area contributed by atoms with Crippen LogP contribution in [0.2, 0.25) is 5.02 Å². The molecule has 0 fully saturated rings. The van der Waals surface area contributed by atoms with Crippen molar-refractivity contribution in [2.45, 2.75) is 6.10 Å². The van der Waals surface area contributed by atoms with Crippen LogP contribution in [0, 0.1) is 0 Å². The monoisotopic (exact) mass is 328 g/mol. The van der Waals surface area contributed by atoms with E-state index in [1.807, 2.05) is 24.3 Å². The van der Waals surface area contributed by atoms with Gasteiger partial charge in [0.15, 0.2) is 0 Å². The van der Waals surface area contributed by atoms with Gasteiger partial charge in [-0.3, -0.25) is 9.97 Å². The van der Waals surface area contributed by atoms with Crippen LogP contribution in [0.15, 0.2) is 48.8 Å². The molecule has 23 heavy (non-hydrogen) atoms. The molecule has 3 aromatic rings. The lowest BCUT2D eigenvalue weighted by Crippen LogP contribution is -2.08. The Bertz CT molecular complexity index is 883. The Morgan fingerprint density at radius 1 is 1.22 bits per heavy atom. The van der Waals surface area contributed by atoms with Gasteiger partial charge in [-0.1, -0.05) is 17.7 Å². The molecule has 116 valence electrons. The SMILES string of the molecule is COC(c1ccc2ncc(Cl)cc2c1)c1cc(C(=O)O)ccn1. The Morgan fingerprint density at radius 3 is 2.78 bits per heavy atom. The number of carboxylic acids is 1. The molecule has 0 radical (unpaired) electrons. The van der Waals surface area contributed by atoms with Gasteiger partial charge < -0.3 is 9.84 Å². The molecule has 6 heteroatoms. The Balaban J connectivity index is 2.07. The van der Waals surface area contributed by atoms with E-state index < -0.39 is 12.1 Å². The van der Waals surface area contributed by atoms with Crippen LogP contribution < -0.4 is 0 Å². The highest BCUT2D eigenvalue weighted by molar-refractivity contribution is 6.31. The van der Waals surface area contributed by atoms with Gasteiger partial charge in [0.25, 0.3) is 0 Å². The molecule has 1 aromatic carbocycles. The van der Waals surface area contributed by atoms with Crippen molar-refractivity contribution in [3.8, 4) is 0 Å². The first-order chi connectivity index (χ1) is 11.1. The number of hydrogen-bond donors (Lipinski definition) is 1. The molecule has 3 rings (SSSR count). The molecular formula is C17H13ClN2O3. The fourth-order valence-corrected chi connectivity index (χ4v) is 2.60. The molecule has 0 aliphatic carbocycles. The fourth-order valence-electron chi connectivity index (χ4n) is 2.44. The van der Waals surface area contributed by atoms with Gasteiger partial charge in [0.1, 0.15) is 6.10 Å². The third-order valence-corrected chi connectivity index (χ3v) is 3.71. The second-order valence-corrected chi connectivity index (χ2v) is 5.43. The standard InChI is InChI=1S/C17H13ClN2O3/c1-23-16(15-8-11(17(21)22)4-5-19-15)10-2-3-14-12(6-10)7-13(18)9-20-14/h2-9,16H,1H3,(H,21,22). The molecule has 0 aliphatic rings. The van der Waals surface area contributed by atoms with Gasteiger partial charge in [-0.25, -0.2) is 4.79 Å². The largest absolute Gasteiger partial charge is 0.478 e. The molecule has 0 saturated carbocycles. The number of aromatic nitrogens is 2. The van der Waals surface area contributed by atoms with Gasteiger partial charge in [-0.05, 0) is 35.9 Å². The molecule has 0 aliphatic heterocycles. The minimum atomic E-state index is -1.00. The number of hydrogen-bond acceptors (Lipinski definition) is 4. The van der Waals surface area contributed by atoms with E-state index >= 15 is 0 Å². The number of aromatic carboxylic acids is 1. The van der Waals surface area contributed by atoms with Crippen LogP contribution in [0.1, 0.15) is 27.7 Å². The predicted octanol–water partition coefficient (Wildman–Crippen LogP) is 3.72. The highest BCUT2D eigenvalue weighted by atomic mass is 35.5. The fraction of sp³-hybridized carbons (Fsp3) is 0.118. The first-order valence-electron chi connectivity index (χ1n) is 6.86. The van der Waals surface area contributed by atoms with Crippen LogP contribution in [0.4, 0.5) is 0 Å². The zero-order valence-electron chi connectivity index (χ0n) is 12.2. The summed E-state index contributed by atoms with van der Waals surface area (Å²) in [5.74, 6) is -1.00. The third-order valence-electron chi connectivity index (χ3n) is 3.51. The maximum absolute atomic E-state index is 11.1. The maximum atomic E-state index is 11.1. The van der Waals surface area contributed by atoms with E-state index in [0.717, 1.165) is 16.5 Å². The summed E-state index contributed by atoms with van der Waals surface area (Å²) in [6.45, 7) is 0. The molecule has 0 saturated heterocycles. The molecule has 0 bridgehead atoms. The van der Waals surface area contributed by atoms with E-state index in [0.29, 0.717) is 10.7 Å². The number of carbonyl (C=O) groups is 1. The average Bonchev–Trinajstić information content (AvgIpc) is 2.55. The number of ether oxygens (including phenoxy) is 1. The van der Waals surface area contributed by atoms with Gasteiger partial charge in [0, 0.05) is 24.9 Å². The van der Waals surface area contributed by atoms with E-state index in [2.05, 4.69) is 9.97 Å². The zero-order valence-corrected chi connectivity index (χ0v) is 13.0. The summed E-state index contributed by atoms with van der Waals surface area (Å²) in [5.41, 5.74) is 2.36. The maximum Gasteiger partial charge on any atom is 0.335 e. The predicted molar refractivity (Wildman–Crippen MR) is 86.8 cm³/mol. The van der Waals surface area contributed by atoms with Crippen LogP contribution in [-0.2, 0) is 4.74 Å². The molecule has 2 heterocycles. The van der Waals surface area contributed by atoms with Gasteiger partial charge in [0.2, 0.25) is 0 Å². The van der Waals surface area contributed by atoms with Crippen LogP contribution >= 0.6 is 11.6 Å². The number of carboxylic acid groups (broad SMARTS) is 1. The third kappa shape index (κ3) is 3.16. The van der Waals surface area contributed by atoms with Crippen LogP contribution in [0.25, 0.3) is 10.9 Å². The number of fused-ring (bicyclic) bond motifs is 1. The topological polar surface area (TPSA) is 72.3 Å². The second-order valence-electron chi connectivity index (χ2n) is 5.00. The average molecular weight is 329 g/mol. The van der Waals surface area contributed by atoms with Gasteiger partial charge in [0.05, 0.1) is 21.8 Å². The molecule has 5 nitrogen and oxygen atoms in total. The van der Waals surface area contributed by atoms with Crippen LogP contribution in [-0.4, -0.2) is 28.2 Å². The Kier molecular flexibility index (Phi) is 4.23. The van der Waals surface area contributed by atoms with E-state index in [9.17, 15) is 4.79 Å². The minimum Gasteiger partial charge on any atom is -0.478 e. The van der Waals surface area contributed by atoms with E-state index in [1.165, 1.54) is 18.3 Å². The normalized spacial score (nSPS) is 12.3. The van der Waals surface area contributed by atoms with Crippen molar-refractivity contribution in [1.29, 1.82) is 0 Å². The van der Waals surface area contributed by atoms with Gasteiger partial charge in [-0.15, -0.1) is 0 Å². The lowest BCUT2D eigenvalue weighted by molar-refractivity contribution is 0.0696. The smallest absolute Gasteiger partial charge is 0.335 e. The summed E-state index contributed by atoms with van der Waals surface area (Å²) < 4.78 is 5.53. The number of rotatable bonds is 4. The highest BCUT2D eigenvalue weighted by Crippen LogP contribution is 2.27. The molecular weight excluding hydrogens is 316 g/mol. The summed E-state index contributed by atoms with van der Waals surface area (Å²) in [6, 6.07) is 10.4. The summed E-state index contributed by atoms with van der Waals surface area (Å²) in [7, 11) is 1.56. The van der Waals surface area contributed by atoms with E-state index in [4.69, 9.17) is 21.4 Å². The van der Waals surface area contributed by atoms with Crippen LogP contribution in [0.5, 0.6) is 0 Å². The van der Waals surface area contributed by atoms with Gasteiger partial charge in [-0.2, -0.15) is 0 Å². The summed E-state index contributed by atoms with van der Waals surface area (Å²) in [6.07, 6.45) is 2.58. The highest BCUT2D eigenvalue weighted by Gasteiger charge is 2.17. The second kappa shape index (κ2) is 6.32. The minimum absolute atomic E-state index is 0.169. The van der Waals surface area contributed by atoms with Crippen molar-refractivity contribution in [2.24, 2.45) is 0 Å². The van der Waals surface area contributed by atoms with Crippen molar-refractivity contribution in [1.82, 2.24) is 9.97 Å². The van der Waals surface area contributed by atoms with Crippen molar-refractivity contribution in [3.63, 3.8) is 0 Å². The number of pyridine rings is 2. The zero-order chi connectivity index (χ0) is 16.4. The molecule has 1 N–H and O–H groups in total. The van der Waals surface area contributed by atoms with Crippen molar-refractivity contribution < 1.29 is 14.6 Å². The summed E-state index contributed by atoms with van der Waals surface area (Å²) in [4.78, 5) is 19.6.